The molecule has 2 aliphatic heterocycles. The smallest absolute Gasteiger partial charge is 0.232 e. The molecule has 0 spiro atoms. The van der Waals surface area contributed by atoms with Crippen LogP contribution >= 0.6 is 0 Å². The molecule has 4 aromatic carbocycles. The second kappa shape index (κ2) is 13.9. The average Bonchev–Trinajstić information content (AvgIpc) is 3.55. The third-order valence-corrected chi connectivity index (χ3v) is 7.58. The minimum atomic E-state index is -4.94. The highest BCUT2D eigenvalue weighted by molar-refractivity contribution is 6.05. The molecule has 0 aromatic heterocycles. The molecule has 0 bridgehead atoms. The van der Waals surface area contributed by atoms with Crippen LogP contribution in [-0.4, -0.2) is 16.1 Å². The maximum atomic E-state index is 8.49. The summed E-state index contributed by atoms with van der Waals surface area (Å²) in [5.41, 5.74) is 8.94. The largest absolute Gasteiger partial charge is 0.456 e. The van der Waals surface area contributed by atoms with Gasteiger partial charge >= 0.3 is 0 Å². The lowest BCUT2D eigenvalue weighted by Crippen LogP contribution is -2.68. The normalized spacial score (nSPS) is 17.5. The van der Waals surface area contributed by atoms with Crippen LogP contribution in [0.3, 0.4) is 0 Å². The van der Waals surface area contributed by atoms with Crippen LogP contribution in [0, 0.1) is 10.2 Å². The van der Waals surface area contributed by atoms with Gasteiger partial charge in [0.25, 0.3) is 0 Å². The van der Waals surface area contributed by atoms with E-state index in [-0.39, 0.29) is 6.04 Å². The van der Waals surface area contributed by atoms with E-state index in [0.29, 0.717) is 0 Å². The molecule has 0 saturated carbocycles. The summed E-state index contributed by atoms with van der Waals surface area (Å²) in [6, 6.07) is 41.8. The summed E-state index contributed by atoms with van der Waals surface area (Å²) in [6.07, 6.45) is 13.8. The van der Waals surface area contributed by atoms with Crippen molar-refractivity contribution >= 4 is 22.9 Å². The Hall–Kier alpha value is -5.15. The summed E-state index contributed by atoms with van der Waals surface area (Å²) in [7, 11) is -4.94. The molecule has 1 aliphatic carbocycles. The number of hydrogen-bond acceptors (Lipinski definition) is 6. The Morgan fingerprint density at radius 2 is 1.00 bits per heavy atom. The minimum absolute atomic E-state index is 0.141. The average molecular weight is 629 g/mol. The van der Waals surface area contributed by atoms with Gasteiger partial charge in [0.15, 0.2) is 0 Å². The van der Waals surface area contributed by atoms with Crippen LogP contribution in [0.25, 0.3) is 11.5 Å². The first-order chi connectivity index (χ1) is 22.3. The lowest BCUT2D eigenvalue weighted by Gasteiger charge is -2.20. The Labute approximate surface area is 269 Å². The standard InChI is InChI=1S/C38H29N2O.ClHO4/c1-5-13-29(14-6-1)35-27-36(30-15-7-2-8-16-30)40(39-35)34-23-21-28(22-24-34)33-25-37(31-17-9-3-10-18-31)41-38(26-33)32-19-11-4-12-20-32;2-1(3,4)5/h1-26,36H,27H2;(H,2,3,4,5)/q+1;/p-1. The van der Waals surface area contributed by atoms with Gasteiger partial charge in [0.05, 0.1) is 6.42 Å². The van der Waals surface area contributed by atoms with Gasteiger partial charge in [-0.2, -0.15) is 0 Å². The molecule has 3 aliphatic rings. The Morgan fingerprint density at radius 1 is 0.565 bits per heavy atom. The molecule has 7 rings (SSSR count). The molecule has 0 N–H and O–H groups in total. The van der Waals surface area contributed by atoms with Crippen molar-refractivity contribution < 1.29 is 38.3 Å². The van der Waals surface area contributed by atoms with Crippen molar-refractivity contribution in [3.8, 4) is 0 Å². The zero-order valence-electron chi connectivity index (χ0n) is 24.6. The monoisotopic (exact) mass is 628 g/mol. The first kappa shape index (κ1) is 30.9. The van der Waals surface area contributed by atoms with Crippen LogP contribution in [0.4, 0.5) is 0 Å². The summed E-state index contributed by atoms with van der Waals surface area (Å²) in [6.45, 7) is 0. The van der Waals surface area contributed by atoms with Gasteiger partial charge in [-0.1, -0.05) is 126 Å². The van der Waals surface area contributed by atoms with Crippen molar-refractivity contribution in [2.45, 2.75) is 12.5 Å². The Bertz CT molecular complexity index is 1820. The third kappa shape index (κ3) is 7.73. The maximum Gasteiger partial charge on any atom is 0.232 e. The van der Waals surface area contributed by atoms with Crippen molar-refractivity contribution in [1.29, 1.82) is 0 Å². The van der Waals surface area contributed by atoms with Crippen LogP contribution in [0.2, 0.25) is 0 Å². The third-order valence-electron chi connectivity index (χ3n) is 7.58. The highest BCUT2D eigenvalue weighted by Gasteiger charge is 2.36. The van der Waals surface area contributed by atoms with E-state index in [1.165, 1.54) is 11.1 Å². The van der Waals surface area contributed by atoms with E-state index < -0.39 is 10.2 Å². The van der Waals surface area contributed by atoms with Crippen molar-refractivity contribution in [2.24, 2.45) is 5.10 Å². The lowest BCUT2D eigenvalue weighted by molar-refractivity contribution is -2.00. The molecule has 0 amide bonds. The summed E-state index contributed by atoms with van der Waals surface area (Å²) < 4.78 is 42.6. The van der Waals surface area contributed by atoms with Gasteiger partial charge in [-0.05, 0) is 40.6 Å². The summed E-state index contributed by atoms with van der Waals surface area (Å²) in [4.78, 5) is 0. The molecule has 1 unspecified atom stereocenters. The van der Waals surface area contributed by atoms with E-state index in [2.05, 4.69) is 120 Å². The van der Waals surface area contributed by atoms with Gasteiger partial charge in [-0.3, -0.25) is 0 Å². The number of hydrazone groups is 1. The van der Waals surface area contributed by atoms with Crippen LogP contribution in [-0.2, 0) is 4.74 Å². The second-order valence-electron chi connectivity index (χ2n) is 10.6. The van der Waals surface area contributed by atoms with Crippen LogP contribution in [0.15, 0.2) is 174 Å². The topological polar surface area (TPSA) is 117 Å². The quantitative estimate of drug-likeness (QED) is 0.319. The highest BCUT2D eigenvalue weighted by Crippen LogP contribution is 2.35. The van der Waals surface area contributed by atoms with Crippen LogP contribution in [0.5, 0.6) is 0 Å². The predicted molar refractivity (Wildman–Crippen MR) is 167 cm³/mol. The first-order valence-electron chi connectivity index (χ1n) is 14.6. The molecule has 0 radical (unpaired) electrons. The van der Waals surface area contributed by atoms with Gasteiger partial charge in [-0.25, -0.2) is 18.6 Å². The fourth-order valence-corrected chi connectivity index (χ4v) is 5.45. The molecule has 0 saturated heterocycles. The minimum Gasteiger partial charge on any atom is -0.456 e. The molecule has 2 heterocycles. The molecule has 0 fully saturated rings. The lowest BCUT2D eigenvalue weighted by atomic mass is 9.96. The van der Waals surface area contributed by atoms with E-state index in [4.69, 9.17) is 28.5 Å². The summed E-state index contributed by atoms with van der Waals surface area (Å²) >= 11 is 0. The Kier molecular flexibility index (Phi) is 9.30. The number of halogens is 1. The maximum absolute atomic E-state index is 8.49. The van der Waals surface area contributed by atoms with Crippen molar-refractivity contribution in [2.75, 3.05) is 0 Å². The summed E-state index contributed by atoms with van der Waals surface area (Å²) in [5.74, 6) is 1.68. The number of allylic oxidation sites excluding steroid dienone is 8. The van der Waals surface area contributed by atoms with E-state index >= 15 is 0 Å². The van der Waals surface area contributed by atoms with Gasteiger partial charge in [0.2, 0.25) is 11.8 Å². The number of ether oxygens (including phenoxy) is 1. The number of rotatable bonds is 4. The molecular weight excluding hydrogens is 600 g/mol. The van der Waals surface area contributed by atoms with E-state index in [9.17, 15) is 0 Å². The van der Waals surface area contributed by atoms with Crippen LogP contribution in [0.1, 0.15) is 34.7 Å². The van der Waals surface area contributed by atoms with Gasteiger partial charge < -0.3 is 4.74 Å². The van der Waals surface area contributed by atoms with Crippen LogP contribution < -0.4 is 18.6 Å². The molecule has 4 aromatic rings. The number of benzene rings is 4. The number of nitrogens with zero attached hydrogens (tertiary/aromatic N) is 2. The Balaban J connectivity index is 0.000000692. The highest BCUT2D eigenvalue weighted by atomic mass is 35.7. The van der Waals surface area contributed by atoms with Crippen molar-refractivity contribution in [1.82, 2.24) is 0 Å². The fourth-order valence-electron chi connectivity index (χ4n) is 5.45. The van der Waals surface area contributed by atoms with E-state index in [1.54, 1.807) is 0 Å². The van der Waals surface area contributed by atoms with Gasteiger partial charge in [0.1, 0.15) is 17.2 Å². The second-order valence-corrected chi connectivity index (χ2v) is 11.4. The van der Waals surface area contributed by atoms with E-state index in [0.717, 1.165) is 51.6 Å². The predicted octanol–water partition coefficient (Wildman–Crippen LogP) is 3.77. The van der Waals surface area contributed by atoms with Gasteiger partial charge in [-0.15, -0.1) is 10.2 Å². The van der Waals surface area contributed by atoms with Crippen molar-refractivity contribution in [3.05, 3.63) is 191 Å². The molecule has 1 atom stereocenters. The first-order valence-corrected chi connectivity index (χ1v) is 15.8. The number of hydrogen-bond donors (Lipinski definition) is 0. The molecule has 8 heteroatoms. The van der Waals surface area contributed by atoms with E-state index in [1.807, 2.05) is 42.5 Å². The molecule has 228 valence electrons. The fraction of sp³-hybridized carbons (Fsp3) is 0.0526. The SMILES string of the molecule is C1=CC(=[N+]2N=C(c3ccccc3)CC2c2ccccc2)C=CC1=C1C=C(c2ccccc2)OC(c2ccccc2)=C1.[O-][Cl+3]([O-])([O-])[O-]. The molecular formula is C38H29ClN2O5. The van der Waals surface area contributed by atoms with Gasteiger partial charge in [0, 0.05) is 34.4 Å². The zero-order valence-corrected chi connectivity index (χ0v) is 25.4. The van der Waals surface area contributed by atoms with Crippen molar-refractivity contribution in [3.63, 3.8) is 0 Å². The Morgan fingerprint density at radius 3 is 1.48 bits per heavy atom. The molecule has 46 heavy (non-hydrogen) atoms. The zero-order chi connectivity index (χ0) is 31.9. The molecule has 7 nitrogen and oxygen atoms in total. The summed E-state index contributed by atoms with van der Waals surface area (Å²) in [5, 5.41) is 5.13.